The summed E-state index contributed by atoms with van der Waals surface area (Å²) < 4.78 is 0. The fraction of sp³-hybridized carbons (Fsp3) is 0.0500. The number of nitrogens with two attached hydrogens (primary N) is 2. The average Bonchev–Trinajstić information content (AvgIpc) is 3.21. The molecule has 8 nitrogen and oxygen atoms in total. The van der Waals surface area contributed by atoms with Crippen LogP contribution in [0.4, 0.5) is 5.82 Å². The minimum Gasteiger partial charge on any atom is -0.383 e. The first-order chi connectivity index (χ1) is 14.0. The highest BCUT2D eigenvalue weighted by Gasteiger charge is 2.22. The number of aromatic amines is 1. The van der Waals surface area contributed by atoms with Gasteiger partial charge in [-0.3, -0.25) is 14.7 Å². The van der Waals surface area contributed by atoms with Crippen LogP contribution in [0.15, 0.2) is 66.0 Å². The molecule has 0 aliphatic rings. The van der Waals surface area contributed by atoms with Crippen LogP contribution in [0, 0.1) is 0 Å². The van der Waals surface area contributed by atoms with Gasteiger partial charge in [-0.2, -0.15) is 5.10 Å². The van der Waals surface area contributed by atoms with E-state index in [9.17, 15) is 9.59 Å². The molecule has 4 rings (SSSR count). The summed E-state index contributed by atoms with van der Waals surface area (Å²) in [5.41, 5.74) is 13.8. The van der Waals surface area contributed by atoms with Crippen molar-refractivity contribution in [3.8, 4) is 0 Å². The summed E-state index contributed by atoms with van der Waals surface area (Å²) in [6, 6.07) is 15.7. The second-order valence-electron chi connectivity index (χ2n) is 6.24. The van der Waals surface area contributed by atoms with E-state index in [4.69, 9.17) is 11.5 Å². The van der Waals surface area contributed by atoms with Crippen molar-refractivity contribution < 1.29 is 9.59 Å². The lowest BCUT2D eigenvalue weighted by Crippen LogP contribution is -2.19. The summed E-state index contributed by atoms with van der Waals surface area (Å²) in [7, 11) is 0. The maximum atomic E-state index is 12.5. The molecule has 0 saturated heterocycles. The molecule has 0 radical (unpaired) electrons. The Morgan fingerprint density at radius 2 is 1.66 bits per heavy atom. The van der Waals surface area contributed by atoms with E-state index >= 15 is 0 Å². The Morgan fingerprint density at radius 3 is 2.34 bits per heavy atom. The zero-order chi connectivity index (χ0) is 20.4. The summed E-state index contributed by atoms with van der Waals surface area (Å²) in [5.74, 6) is -0.386. The van der Waals surface area contributed by atoms with Crippen LogP contribution in [0.3, 0.4) is 0 Å². The van der Waals surface area contributed by atoms with E-state index in [1.54, 1.807) is 36.4 Å². The van der Waals surface area contributed by atoms with Crippen LogP contribution >= 0.6 is 11.8 Å². The molecule has 0 spiro atoms. The highest BCUT2D eigenvalue weighted by atomic mass is 32.2. The van der Waals surface area contributed by atoms with Crippen LogP contribution in [0.1, 0.15) is 26.7 Å². The number of H-pyrrole nitrogens is 1. The van der Waals surface area contributed by atoms with Gasteiger partial charge < -0.3 is 11.5 Å². The fourth-order valence-electron chi connectivity index (χ4n) is 2.85. The summed E-state index contributed by atoms with van der Waals surface area (Å²) >= 11 is 1.08. The second-order valence-corrected chi connectivity index (χ2v) is 7.31. The molecule has 0 aliphatic carbocycles. The number of nitrogens with zero attached hydrogens (tertiary/aromatic N) is 3. The Labute approximate surface area is 169 Å². The maximum absolute atomic E-state index is 12.5. The normalized spacial score (nSPS) is 12.0. The molecule has 4 aromatic rings. The number of nitrogens with one attached hydrogen (secondary N) is 1. The van der Waals surface area contributed by atoms with E-state index in [1.807, 2.05) is 18.2 Å². The molecule has 2 aromatic carbocycles. The molecule has 1 amide bonds. The SMILES string of the molecule is NC(=O)C(Sc1nc(N)c2cn[nH]c2n1)c1ccc(C(=O)c2ccccc2)cc1. The van der Waals surface area contributed by atoms with Crippen LogP contribution in [-0.2, 0) is 4.79 Å². The van der Waals surface area contributed by atoms with Crippen LogP contribution in [0.5, 0.6) is 0 Å². The van der Waals surface area contributed by atoms with Gasteiger partial charge in [0.1, 0.15) is 11.1 Å². The lowest BCUT2D eigenvalue weighted by atomic mass is 10.0. The van der Waals surface area contributed by atoms with E-state index < -0.39 is 11.2 Å². The highest BCUT2D eigenvalue weighted by Crippen LogP contribution is 2.34. The van der Waals surface area contributed by atoms with Gasteiger partial charge in [0.15, 0.2) is 16.6 Å². The van der Waals surface area contributed by atoms with E-state index in [0.29, 0.717) is 32.9 Å². The Balaban J connectivity index is 1.60. The molecular formula is C20H16N6O2S. The molecular weight excluding hydrogens is 388 g/mol. The fourth-order valence-corrected chi connectivity index (χ4v) is 3.77. The van der Waals surface area contributed by atoms with Gasteiger partial charge in [-0.25, -0.2) is 9.97 Å². The first-order valence-electron chi connectivity index (χ1n) is 8.65. The maximum Gasteiger partial charge on any atom is 0.235 e. The summed E-state index contributed by atoms with van der Waals surface area (Å²) in [5, 5.41) is 6.78. The van der Waals surface area contributed by atoms with Crippen molar-refractivity contribution in [3.63, 3.8) is 0 Å². The first-order valence-corrected chi connectivity index (χ1v) is 9.53. The zero-order valence-electron chi connectivity index (χ0n) is 15.1. The molecule has 29 heavy (non-hydrogen) atoms. The molecule has 5 N–H and O–H groups in total. The van der Waals surface area contributed by atoms with Crippen molar-refractivity contribution in [2.75, 3.05) is 5.73 Å². The van der Waals surface area contributed by atoms with Crippen molar-refractivity contribution in [1.82, 2.24) is 20.2 Å². The van der Waals surface area contributed by atoms with Gasteiger partial charge in [0.25, 0.3) is 0 Å². The summed E-state index contributed by atoms with van der Waals surface area (Å²) in [6.45, 7) is 0. The van der Waals surface area contributed by atoms with E-state index in [2.05, 4.69) is 20.2 Å². The Bertz CT molecular complexity index is 1190. The minimum absolute atomic E-state index is 0.0961. The van der Waals surface area contributed by atoms with Gasteiger partial charge in [-0.1, -0.05) is 66.4 Å². The number of rotatable bonds is 6. The Kier molecular flexibility index (Phi) is 4.96. The number of fused-ring (bicyclic) bond motifs is 1. The lowest BCUT2D eigenvalue weighted by Gasteiger charge is -2.13. The molecule has 1 atom stereocenters. The molecule has 0 saturated carbocycles. The van der Waals surface area contributed by atoms with Crippen LogP contribution in [0.2, 0.25) is 0 Å². The molecule has 0 bridgehead atoms. The summed E-state index contributed by atoms with van der Waals surface area (Å²) in [6.07, 6.45) is 1.53. The number of hydrogen-bond donors (Lipinski definition) is 3. The van der Waals surface area contributed by atoms with Crippen molar-refractivity contribution in [1.29, 1.82) is 0 Å². The van der Waals surface area contributed by atoms with Gasteiger partial charge in [0.05, 0.1) is 11.6 Å². The highest BCUT2D eigenvalue weighted by molar-refractivity contribution is 8.00. The Morgan fingerprint density at radius 1 is 0.966 bits per heavy atom. The molecule has 144 valence electrons. The van der Waals surface area contributed by atoms with Crippen molar-refractivity contribution in [2.24, 2.45) is 5.73 Å². The van der Waals surface area contributed by atoms with Crippen LogP contribution < -0.4 is 11.5 Å². The van der Waals surface area contributed by atoms with Gasteiger partial charge in [-0.15, -0.1) is 0 Å². The number of carbonyl (C=O) groups is 2. The number of nitrogen functional groups attached to an aromatic ring is 1. The third kappa shape index (κ3) is 3.81. The zero-order valence-corrected chi connectivity index (χ0v) is 15.9. The number of benzene rings is 2. The van der Waals surface area contributed by atoms with Gasteiger partial charge >= 0.3 is 0 Å². The average molecular weight is 404 g/mol. The number of amides is 1. The van der Waals surface area contributed by atoms with E-state index in [0.717, 1.165) is 11.8 Å². The van der Waals surface area contributed by atoms with Gasteiger partial charge in [0, 0.05) is 11.1 Å². The van der Waals surface area contributed by atoms with Crippen molar-refractivity contribution in [2.45, 2.75) is 10.4 Å². The van der Waals surface area contributed by atoms with Crippen LogP contribution in [-0.4, -0.2) is 31.9 Å². The second kappa shape index (κ2) is 7.72. The number of ketones is 1. The Hall–Kier alpha value is -3.72. The number of hydrogen-bond acceptors (Lipinski definition) is 7. The topological polar surface area (TPSA) is 141 Å². The number of aromatic nitrogens is 4. The lowest BCUT2D eigenvalue weighted by molar-refractivity contribution is -0.117. The largest absolute Gasteiger partial charge is 0.383 e. The third-order valence-electron chi connectivity index (χ3n) is 4.31. The number of anilines is 1. The molecule has 1 unspecified atom stereocenters. The standard InChI is InChI=1S/C20H16N6O2S/c21-17-14-10-23-26-19(14)25-20(24-17)29-16(18(22)28)13-8-6-12(7-9-13)15(27)11-4-2-1-3-5-11/h1-10,16H,(H2,22,28)(H3,21,23,24,25,26). The number of primary amides is 1. The molecule has 9 heteroatoms. The van der Waals surface area contributed by atoms with Crippen molar-refractivity contribution >= 4 is 40.3 Å². The quantitative estimate of drug-likeness (QED) is 0.255. The van der Waals surface area contributed by atoms with Crippen LogP contribution in [0.25, 0.3) is 11.0 Å². The monoisotopic (exact) mass is 404 g/mol. The first kappa shape index (κ1) is 18.6. The van der Waals surface area contributed by atoms with E-state index in [1.165, 1.54) is 6.20 Å². The van der Waals surface area contributed by atoms with E-state index in [-0.39, 0.29) is 11.6 Å². The molecule has 2 heterocycles. The molecule has 0 fully saturated rings. The van der Waals surface area contributed by atoms with Gasteiger partial charge in [-0.05, 0) is 5.56 Å². The van der Waals surface area contributed by atoms with Gasteiger partial charge in [0.2, 0.25) is 5.91 Å². The summed E-state index contributed by atoms with van der Waals surface area (Å²) in [4.78, 5) is 33.2. The third-order valence-corrected chi connectivity index (χ3v) is 5.45. The predicted octanol–water partition coefficient (Wildman–Crippen LogP) is 2.48. The number of carbonyl (C=O) groups excluding carboxylic acids is 2. The molecule has 0 aliphatic heterocycles. The number of thioether (sulfide) groups is 1. The predicted molar refractivity (Wildman–Crippen MR) is 110 cm³/mol. The van der Waals surface area contributed by atoms with Crippen molar-refractivity contribution in [3.05, 3.63) is 77.5 Å². The smallest absolute Gasteiger partial charge is 0.235 e. The minimum atomic E-state index is -0.740. The molecule has 2 aromatic heterocycles.